The molecule has 0 bridgehead atoms. The summed E-state index contributed by atoms with van der Waals surface area (Å²) in [5.41, 5.74) is 2.11. The highest BCUT2D eigenvalue weighted by Crippen LogP contribution is 2.27. The lowest BCUT2D eigenvalue weighted by Crippen LogP contribution is -2.46. The topological polar surface area (TPSA) is 55.8 Å². The summed E-state index contributed by atoms with van der Waals surface area (Å²) in [5, 5.41) is 0. The van der Waals surface area contributed by atoms with E-state index in [1.807, 2.05) is 6.07 Å². The molecule has 5 nitrogen and oxygen atoms in total. The van der Waals surface area contributed by atoms with E-state index in [-0.39, 0.29) is 0 Å². The average Bonchev–Trinajstić information content (AvgIpc) is 2.46. The molecular formula is C15H21NO4. The number of carbonyl (C=O) groups is 2. The van der Waals surface area contributed by atoms with Gasteiger partial charge in [0.2, 0.25) is 0 Å². The van der Waals surface area contributed by atoms with E-state index in [0.717, 1.165) is 11.1 Å². The maximum absolute atomic E-state index is 12.5. The number of nitrogens with zero attached hydrogens (tertiary/aromatic N) is 1. The number of esters is 1. The summed E-state index contributed by atoms with van der Waals surface area (Å²) in [5.74, 6) is -1.23. The normalized spacial score (nSPS) is 14.7. The molecule has 1 aromatic carbocycles. The van der Waals surface area contributed by atoms with Crippen molar-refractivity contribution < 1.29 is 23.2 Å². The van der Waals surface area contributed by atoms with E-state index >= 15 is 0 Å². The maximum atomic E-state index is 12.5. The Morgan fingerprint density at radius 1 is 1.35 bits per heavy atom. The molecule has 0 saturated carbocycles. The Labute approximate surface area is 123 Å². The summed E-state index contributed by atoms with van der Waals surface area (Å²) in [6, 6.07) is 4.53. The molecule has 0 saturated heterocycles. The second-order valence-electron chi connectivity index (χ2n) is 4.49. The molecule has 0 radical (unpaired) electrons. The standard InChI is InChI=1S/C15H21NO4/c1-10-7-6-8-11(2)14(10)16(13(17)9-19-4)12(3)15(18)20-5/h6-8,12H,9H2,1-5H3/i4D3. The van der Waals surface area contributed by atoms with Gasteiger partial charge in [-0.15, -0.1) is 0 Å². The molecule has 1 unspecified atom stereocenters. The molecule has 110 valence electrons. The molecule has 1 amide bonds. The van der Waals surface area contributed by atoms with Crippen LogP contribution in [-0.2, 0) is 19.1 Å². The highest BCUT2D eigenvalue weighted by Gasteiger charge is 2.29. The van der Waals surface area contributed by atoms with Crippen LogP contribution in [0.5, 0.6) is 0 Å². The number of hydrogen-bond acceptors (Lipinski definition) is 4. The van der Waals surface area contributed by atoms with Gasteiger partial charge in [-0.05, 0) is 31.9 Å². The molecule has 0 aliphatic carbocycles. The van der Waals surface area contributed by atoms with Gasteiger partial charge >= 0.3 is 5.97 Å². The number of benzene rings is 1. The van der Waals surface area contributed by atoms with Crippen molar-refractivity contribution >= 4 is 17.6 Å². The molecular weight excluding hydrogens is 258 g/mol. The predicted molar refractivity (Wildman–Crippen MR) is 76.8 cm³/mol. The van der Waals surface area contributed by atoms with Crippen LogP contribution in [0.1, 0.15) is 22.2 Å². The van der Waals surface area contributed by atoms with Gasteiger partial charge in [0, 0.05) is 7.04 Å². The van der Waals surface area contributed by atoms with Crippen molar-refractivity contribution in [2.75, 3.05) is 25.7 Å². The van der Waals surface area contributed by atoms with Crippen molar-refractivity contribution in [1.82, 2.24) is 0 Å². The Morgan fingerprint density at radius 2 is 1.95 bits per heavy atom. The fourth-order valence-electron chi connectivity index (χ4n) is 2.13. The third kappa shape index (κ3) is 3.36. The van der Waals surface area contributed by atoms with Crippen LogP contribution < -0.4 is 4.90 Å². The fraction of sp³-hybridized carbons (Fsp3) is 0.467. The van der Waals surface area contributed by atoms with E-state index in [1.165, 1.54) is 18.9 Å². The van der Waals surface area contributed by atoms with Crippen molar-refractivity contribution in [1.29, 1.82) is 0 Å². The van der Waals surface area contributed by atoms with E-state index in [0.29, 0.717) is 5.69 Å². The Kier molecular flexibility index (Phi) is 4.20. The Morgan fingerprint density at radius 3 is 2.45 bits per heavy atom. The van der Waals surface area contributed by atoms with Crippen molar-refractivity contribution in [3.63, 3.8) is 0 Å². The zero-order valence-corrected chi connectivity index (χ0v) is 12.1. The molecule has 1 atom stereocenters. The second kappa shape index (κ2) is 7.05. The zero-order chi connectivity index (χ0) is 17.8. The van der Waals surface area contributed by atoms with E-state index in [1.54, 1.807) is 26.0 Å². The Hall–Kier alpha value is -1.88. The summed E-state index contributed by atoms with van der Waals surface area (Å²) in [4.78, 5) is 25.6. The summed E-state index contributed by atoms with van der Waals surface area (Å²) < 4.78 is 30.4. The zero-order valence-electron chi connectivity index (χ0n) is 15.1. The number of para-hydroxylation sites is 1. The van der Waals surface area contributed by atoms with Gasteiger partial charge < -0.3 is 9.47 Å². The van der Waals surface area contributed by atoms with Crippen LogP contribution in [0.15, 0.2) is 18.2 Å². The number of methoxy groups -OCH3 is 2. The average molecular weight is 282 g/mol. The minimum Gasteiger partial charge on any atom is -0.467 e. The number of amides is 1. The molecule has 0 spiro atoms. The van der Waals surface area contributed by atoms with Crippen LogP contribution in [0.4, 0.5) is 5.69 Å². The first-order valence-electron chi connectivity index (χ1n) is 7.68. The lowest BCUT2D eigenvalue weighted by molar-refractivity contribution is -0.143. The molecule has 5 heteroatoms. The molecule has 0 aliphatic rings. The Bertz CT molecular complexity index is 566. The summed E-state index contributed by atoms with van der Waals surface area (Å²) in [6.07, 6.45) is 0. The lowest BCUT2D eigenvalue weighted by Gasteiger charge is -2.30. The van der Waals surface area contributed by atoms with Crippen LogP contribution >= 0.6 is 0 Å². The number of anilines is 1. The number of aryl methyl sites for hydroxylation is 2. The van der Waals surface area contributed by atoms with Gasteiger partial charge in [0.25, 0.3) is 5.91 Å². The Balaban J connectivity index is 3.22. The number of hydrogen-bond donors (Lipinski definition) is 0. The largest absolute Gasteiger partial charge is 0.467 e. The van der Waals surface area contributed by atoms with Crippen molar-refractivity contribution in [3.05, 3.63) is 29.3 Å². The molecule has 20 heavy (non-hydrogen) atoms. The quantitative estimate of drug-likeness (QED) is 0.773. The summed E-state index contributed by atoms with van der Waals surface area (Å²) in [7, 11) is -1.46. The van der Waals surface area contributed by atoms with E-state index in [2.05, 4.69) is 4.74 Å². The van der Waals surface area contributed by atoms with Crippen molar-refractivity contribution in [3.8, 4) is 0 Å². The third-order valence-corrected chi connectivity index (χ3v) is 3.07. The molecule has 1 aromatic rings. The number of carbonyl (C=O) groups excluding carboxylic acids is 2. The molecule has 0 fully saturated rings. The summed E-state index contributed by atoms with van der Waals surface area (Å²) in [6.45, 7) is 4.46. The van der Waals surface area contributed by atoms with E-state index in [4.69, 9.17) is 8.85 Å². The van der Waals surface area contributed by atoms with Crippen LogP contribution in [0.2, 0.25) is 0 Å². The van der Waals surface area contributed by atoms with E-state index in [9.17, 15) is 9.59 Å². The van der Waals surface area contributed by atoms with Crippen molar-refractivity contribution in [2.45, 2.75) is 26.8 Å². The minimum absolute atomic E-state index is 0.546. The van der Waals surface area contributed by atoms with Gasteiger partial charge in [-0.25, -0.2) is 4.79 Å². The number of ether oxygens (including phenoxy) is 2. The third-order valence-electron chi connectivity index (χ3n) is 3.07. The van der Waals surface area contributed by atoms with Crippen LogP contribution in [0.3, 0.4) is 0 Å². The predicted octanol–water partition coefficient (Wildman–Crippen LogP) is 1.84. The first-order valence-corrected chi connectivity index (χ1v) is 6.18. The fourth-order valence-corrected chi connectivity index (χ4v) is 2.13. The second-order valence-corrected chi connectivity index (χ2v) is 4.49. The van der Waals surface area contributed by atoms with Crippen LogP contribution in [0.25, 0.3) is 0 Å². The van der Waals surface area contributed by atoms with E-state index < -0.39 is 31.6 Å². The summed E-state index contributed by atoms with van der Waals surface area (Å²) >= 11 is 0. The van der Waals surface area contributed by atoms with Gasteiger partial charge in [0.1, 0.15) is 12.6 Å². The number of rotatable bonds is 5. The molecule has 0 aromatic heterocycles. The van der Waals surface area contributed by atoms with Crippen molar-refractivity contribution in [2.24, 2.45) is 0 Å². The molecule has 0 heterocycles. The van der Waals surface area contributed by atoms with Gasteiger partial charge in [0.15, 0.2) is 0 Å². The smallest absolute Gasteiger partial charge is 0.328 e. The van der Waals surface area contributed by atoms with Crippen LogP contribution in [-0.4, -0.2) is 38.7 Å². The lowest BCUT2D eigenvalue weighted by atomic mass is 10.1. The SMILES string of the molecule is [2H]C([2H])([2H])OCC(=O)N(c1c(C)cccc1C)C(C)C(=O)OC. The van der Waals surface area contributed by atoms with Crippen LogP contribution in [0, 0.1) is 13.8 Å². The highest BCUT2D eigenvalue weighted by molar-refractivity contribution is 6.01. The van der Waals surface area contributed by atoms with Gasteiger partial charge in [-0.3, -0.25) is 9.69 Å². The minimum atomic E-state index is -2.68. The molecule has 1 rings (SSSR count). The first-order chi connectivity index (χ1) is 10.6. The highest BCUT2D eigenvalue weighted by atomic mass is 16.5. The maximum Gasteiger partial charge on any atom is 0.328 e. The first kappa shape index (κ1) is 11.9. The monoisotopic (exact) mass is 282 g/mol. The van der Waals surface area contributed by atoms with Gasteiger partial charge in [-0.1, -0.05) is 18.2 Å². The molecule has 0 aliphatic heterocycles. The molecule has 0 N–H and O–H groups in total. The van der Waals surface area contributed by atoms with Gasteiger partial charge in [-0.2, -0.15) is 0 Å². The van der Waals surface area contributed by atoms with Gasteiger partial charge in [0.05, 0.1) is 16.9 Å².